The molecule has 0 bridgehead atoms. The molecule has 0 saturated carbocycles. The summed E-state index contributed by atoms with van der Waals surface area (Å²) in [6, 6.07) is 16.9. The predicted octanol–water partition coefficient (Wildman–Crippen LogP) is 3.28. The van der Waals surface area contributed by atoms with Crippen LogP contribution in [0.1, 0.15) is 33.1 Å². The Morgan fingerprint density at radius 2 is 1.72 bits per heavy atom. The second-order valence-electron chi connectivity index (χ2n) is 9.43. The van der Waals surface area contributed by atoms with Gasteiger partial charge in [-0.05, 0) is 50.5 Å². The number of methoxy groups -OCH3 is 1. The SMILES string of the molecule is CCC(C)NC(=O)CN1CN(c2ccccc2)C2(CCN(C(=O)Nc3ccccc3OC)CC2)C1=O. The molecule has 2 aliphatic heterocycles. The lowest BCUT2D eigenvalue weighted by Gasteiger charge is -2.43. The highest BCUT2D eigenvalue weighted by Crippen LogP contribution is 2.39. The fourth-order valence-corrected chi connectivity index (χ4v) is 4.94. The van der Waals surface area contributed by atoms with Gasteiger partial charge in [0.25, 0.3) is 5.91 Å². The smallest absolute Gasteiger partial charge is 0.321 e. The van der Waals surface area contributed by atoms with Crippen LogP contribution < -0.4 is 20.3 Å². The van der Waals surface area contributed by atoms with Crippen molar-refractivity contribution >= 4 is 29.2 Å². The van der Waals surface area contributed by atoms with Gasteiger partial charge in [-0.25, -0.2) is 4.79 Å². The van der Waals surface area contributed by atoms with Gasteiger partial charge in [0.2, 0.25) is 5.91 Å². The number of nitrogens with one attached hydrogen (secondary N) is 2. The van der Waals surface area contributed by atoms with Crippen molar-refractivity contribution in [2.24, 2.45) is 0 Å². The van der Waals surface area contributed by atoms with E-state index < -0.39 is 5.54 Å². The summed E-state index contributed by atoms with van der Waals surface area (Å²) in [4.78, 5) is 44.8. The number of carbonyl (C=O) groups excluding carboxylic acids is 3. The molecule has 2 heterocycles. The first-order chi connectivity index (χ1) is 17.4. The summed E-state index contributed by atoms with van der Waals surface area (Å²) in [7, 11) is 1.56. The second-order valence-corrected chi connectivity index (χ2v) is 9.43. The van der Waals surface area contributed by atoms with Crippen molar-refractivity contribution < 1.29 is 19.1 Å². The van der Waals surface area contributed by atoms with E-state index in [1.54, 1.807) is 29.0 Å². The van der Waals surface area contributed by atoms with Gasteiger partial charge in [0.1, 0.15) is 17.8 Å². The summed E-state index contributed by atoms with van der Waals surface area (Å²) in [5.74, 6) is 0.374. The van der Waals surface area contributed by atoms with Crippen molar-refractivity contribution in [2.75, 3.05) is 43.6 Å². The fourth-order valence-electron chi connectivity index (χ4n) is 4.94. The Kier molecular flexibility index (Phi) is 7.67. The van der Waals surface area contributed by atoms with Gasteiger partial charge in [-0.1, -0.05) is 37.3 Å². The first-order valence-corrected chi connectivity index (χ1v) is 12.5. The summed E-state index contributed by atoms with van der Waals surface area (Å²) >= 11 is 0. The highest BCUT2D eigenvalue weighted by Gasteiger charge is 2.54. The molecule has 2 fully saturated rings. The number of anilines is 2. The summed E-state index contributed by atoms with van der Waals surface area (Å²) in [6.07, 6.45) is 1.78. The molecule has 36 heavy (non-hydrogen) atoms. The molecule has 0 aliphatic carbocycles. The number of benzene rings is 2. The maximum Gasteiger partial charge on any atom is 0.321 e. The van der Waals surface area contributed by atoms with Crippen LogP contribution >= 0.6 is 0 Å². The van der Waals surface area contributed by atoms with Crippen LogP contribution in [-0.4, -0.2) is 72.6 Å². The van der Waals surface area contributed by atoms with Gasteiger partial charge in [-0.3, -0.25) is 9.59 Å². The topological polar surface area (TPSA) is 94.2 Å². The zero-order valence-electron chi connectivity index (χ0n) is 21.2. The normalized spacial score (nSPS) is 17.8. The number of amides is 4. The highest BCUT2D eigenvalue weighted by molar-refractivity contribution is 5.97. The van der Waals surface area contributed by atoms with Crippen LogP contribution in [0.5, 0.6) is 5.75 Å². The van der Waals surface area contributed by atoms with Crippen molar-refractivity contribution in [1.29, 1.82) is 0 Å². The molecule has 1 atom stereocenters. The number of ether oxygens (including phenoxy) is 1. The monoisotopic (exact) mass is 493 g/mol. The van der Waals surface area contributed by atoms with Crippen LogP contribution in [0, 0.1) is 0 Å². The molecule has 192 valence electrons. The van der Waals surface area contributed by atoms with Crippen molar-refractivity contribution in [1.82, 2.24) is 15.1 Å². The minimum absolute atomic E-state index is 0.0201. The Morgan fingerprint density at radius 1 is 1.06 bits per heavy atom. The second kappa shape index (κ2) is 10.9. The molecule has 9 nitrogen and oxygen atoms in total. The van der Waals surface area contributed by atoms with Crippen LogP contribution in [-0.2, 0) is 9.59 Å². The minimum Gasteiger partial charge on any atom is -0.495 e. The first-order valence-electron chi connectivity index (χ1n) is 12.5. The number of urea groups is 1. The van der Waals surface area contributed by atoms with Crippen molar-refractivity contribution in [3.63, 3.8) is 0 Å². The molecule has 0 radical (unpaired) electrons. The average Bonchev–Trinajstić information content (AvgIpc) is 3.15. The zero-order chi connectivity index (χ0) is 25.7. The molecule has 9 heteroatoms. The molecule has 1 unspecified atom stereocenters. The lowest BCUT2D eigenvalue weighted by Crippen LogP contribution is -2.58. The zero-order valence-corrected chi connectivity index (χ0v) is 21.2. The van der Waals surface area contributed by atoms with E-state index in [1.165, 1.54) is 0 Å². The average molecular weight is 494 g/mol. The number of likely N-dealkylation sites (tertiary alicyclic amines) is 1. The van der Waals surface area contributed by atoms with Gasteiger partial charge in [-0.15, -0.1) is 0 Å². The van der Waals surface area contributed by atoms with E-state index in [1.807, 2.05) is 56.3 Å². The summed E-state index contributed by atoms with van der Waals surface area (Å²) in [6.45, 7) is 5.16. The molecule has 2 aromatic rings. The summed E-state index contributed by atoms with van der Waals surface area (Å²) in [5, 5.41) is 5.88. The number of hydrogen-bond donors (Lipinski definition) is 2. The van der Waals surface area contributed by atoms with Gasteiger partial charge in [0.05, 0.1) is 19.5 Å². The Hall–Kier alpha value is -3.75. The third kappa shape index (κ3) is 5.10. The van der Waals surface area contributed by atoms with E-state index in [4.69, 9.17) is 4.74 Å². The predicted molar refractivity (Wildman–Crippen MR) is 139 cm³/mol. The molecule has 2 N–H and O–H groups in total. The lowest BCUT2D eigenvalue weighted by atomic mass is 9.85. The molecule has 0 aromatic heterocycles. The van der Waals surface area contributed by atoms with Crippen LogP contribution in [0.3, 0.4) is 0 Å². The van der Waals surface area contributed by atoms with E-state index in [0.717, 1.165) is 12.1 Å². The molecular formula is C27H35N5O4. The van der Waals surface area contributed by atoms with E-state index >= 15 is 0 Å². The molecule has 1 spiro atoms. The molecule has 2 aromatic carbocycles. The number of para-hydroxylation sites is 3. The van der Waals surface area contributed by atoms with Crippen molar-refractivity contribution in [3.8, 4) is 5.75 Å². The molecule has 2 saturated heterocycles. The van der Waals surface area contributed by atoms with Crippen LogP contribution in [0.25, 0.3) is 0 Å². The number of carbonyl (C=O) groups is 3. The van der Waals surface area contributed by atoms with Crippen LogP contribution in [0.2, 0.25) is 0 Å². The summed E-state index contributed by atoms with van der Waals surface area (Å²) < 4.78 is 5.34. The Morgan fingerprint density at radius 3 is 2.39 bits per heavy atom. The van der Waals surface area contributed by atoms with E-state index in [2.05, 4.69) is 15.5 Å². The lowest BCUT2D eigenvalue weighted by molar-refractivity contribution is -0.137. The van der Waals surface area contributed by atoms with E-state index in [9.17, 15) is 14.4 Å². The fraction of sp³-hybridized carbons (Fsp3) is 0.444. The van der Waals surface area contributed by atoms with Crippen molar-refractivity contribution in [2.45, 2.75) is 44.7 Å². The third-order valence-electron chi connectivity index (χ3n) is 7.16. The van der Waals surface area contributed by atoms with E-state index in [-0.39, 0.29) is 30.4 Å². The van der Waals surface area contributed by atoms with E-state index in [0.29, 0.717) is 44.0 Å². The largest absolute Gasteiger partial charge is 0.495 e. The number of piperidine rings is 1. The minimum atomic E-state index is -0.792. The molecule has 4 rings (SSSR count). The van der Waals surface area contributed by atoms with Crippen LogP contribution in [0.15, 0.2) is 54.6 Å². The highest BCUT2D eigenvalue weighted by atomic mass is 16.5. The standard InChI is InChI=1S/C27H35N5O4/c1-4-20(2)28-24(33)18-31-19-32(21-10-6-5-7-11-21)27(25(31)34)14-16-30(17-15-27)26(35)29-22-12-8-9-13-23(22)36-3/h5-13,20H,4,14-19H2,1-3H3,(H,28,33)(H,29,35). The Labute approximate surface area is 212 Å². The van der Waals surface area contributed by atoms with Gasteiger partial charge in [0, 0.05) is 24.8 Å². The van der Waals surface area contributed by atoms with Gasteiger partial charge in [0.15, 0.2) is 0 Å². The van der Waals surface area contributed by atoms with Gasteiger partial charge >= 0.3 is 6.03 Å². The Bertz CT molecular complexity index is 1080. The number of hydrogen-bond acceptors (Lipinski definition) is 5. The molecule has 4 amide bonds. The Balaban J connectivity index is 1.49. The van der Waals surface area contributed by atoms with Gasteiger partial charge in [-0.2, -0.15) is 0 Å². The molecular weight excluding hydrogens is 458 g/mol. The third-order valence-corrected chi connectivity index (χ3v) is 7.16. The number of rotatable bonds is 7. The van der Waals surface area contributed by atoms with Gasteiger partial charge < -0.3 is 30.1 Å². The first kappa shape index (κ1) is 25.3. The number of nitrogens with zero attached hydrogens (tertiary/aromatic N) is 3. The van der Waals surface area contributed by atoms with Crippen LogP contribution in [0.4, 0.5) is 16.2 Å². The maximum absolute atomic E-state index is 13.8. The quantitative estimate of drug-likeness (QED) is 0.617. The summed E-state index contributed by atoms with van der Waals surface area (Å²) in [5.41, 5.74) is 0.744. The molecule has 2 aliphatic rings. The van der Waals surface area contributed by atoms with Crippen molar-refractivity contribution in [3.05, 3.63) is 54.6 Å². The maximum atomic E-state index is 13.8.